The van der Waals surface area contributed by atoms with Crippen LogP contribution in [0.1, 0.15) is 20.8 Å². The van der Waals surface area contributed by atoms with Crippen LogP contribution in [-0.4, -0.2) is 24.2 Å². The summed E-state index contributed by atoms with van der Waals surface area (Å²) in [6.45, 7) is 5.61. The second-order valence-corrected chi connectivity index (χ2v) is 5.13. The molecule has 20 heavy (non-hydrogen) atoms. The molecule has 0 aromatic heterocycles. The van der Waals surface area contributed by atoms with Crippen molar-refractivity contribution in [3.63, 3.8) is 0 Å². The van der Waals surface area contributed by atoms with Gasteiger partial charge in [-0.3, -0.25) is 4.79 Å². The van der Waals surface area contributed by atoms with Crippen molar-refractivity contribution in [3.8, 4) is 0 Å². The molecule has 5 nitrogen and oxygen atoms in total. The Balaban J connectivity index is 2.89. The van der Waals surface area contributed by atoms with Gasteiger partial charge in [-0.25, -0.2) is 0 Å². The van der Waals surface area contributed by atoms with Crippen LogP contribution < -0.4 is 16.4 Å². The highest BCUT2D eigenvalue weighted by Crippen LogP contribution is 2.23. The fraction of sp³-hybridized carbons (Fsp3) is 0.400. The van der Waals surface area contributed by atoms with E-state index >= 15 is 0 Å². The van der Waals surface area contributed by atoms with Crippen LogP contribution in [0.2, 0.25) is 0 Å². The van der Waals surface area contributed by atoms with Gasteiger partial charge in [0.25, 0.3) is 0 Å². The van der Waals surface area contributed by atoms with E-state index in [1.54, 1.807) is 37.3 Å². The van der Waals surface area contributed by atoms with Gasteiger partial charge in [-0.05, 0) is 45.5 Å². The van der Waals surface area contributed by atoms with Gasteiger partial charge in [0.2, 0.25) is 0 Å². The van der Waals surface area contributed by atoms with E-state index in [1.807, 2.05) is 20.9 Å². The zero-order valence-corrected chi connectivity index (χ0v) is 12.4. The second kappa shape index (κ2) is 6.43. The Labute approximate surface area is 119 Å². The molecule has 0 heterocycles. The SMILES string of the molecule is CNC(C)/C(C)=C(/N)NC1=CC=CC(C)(C(=O)O)C=C1. The molecular weight excluding hydrogens is 254 g/mol. The van der Waals surface area contributed by atoms with Gasteiger partial charge in [0.15, 0.2) is 0 Å². The maximum Gasteiger partial charge on any atom is 0.317 e. The van der Waals surface area contributed by atoms with Gasteiger partial charge >= 0.3 is 5.97 Å². The second-order valence-electron chi connectivity index (χ2n) is 5.13. The van der Waals surface area contributed by atoms with E-state index in [4.69, 9.17) is 5.73 Å². The molecule has 0 spiro atoms. The molecule has 0 saturated carbocycles. The van der Waals surface area contributed by atoms with Crippen molar-refractivity contribution in [1.29, 1.82) is 0 Å². The average molecular weight is 277 g/mol. The predicted octanol–water partition coefficient (Wildman–Crippen LogP) is 1.47. The first kappa shape index (κ1) is 16.0. The average Bonchev–Trinajstić information content (AvgIpc) is 2.60. The first-order valence-electron chi connectivity index (χ1n) is 6.53. The molecule has 5 heteroatoms. The Morgan fingerprint density at radius 3 is 2.65 bits per heavy atom. The van der Waals surface area contributed by atoms with E-state index < -0.39 is 11.4 Å². The Bertz CT molecular complexity index is 503. The van der Waals surface area contributed by atoms with Crippen LogP contribution in [0.4, 0.5) is 0 Å². The van der Waals surface area contributed by atoms with Gasteiger partial charge in [-0.1, -0.05) is 18.2 Å². The summed E-state index contributed by atoms with van der Waals surface area (Å²) < 4.78 is 0. The van der Waals surface area contributed by atoms with E-state index in [0.717, 1.165) is 11.3 Å². The molecule has 0 aromatic carbocycles. The number of nitrogens with one attached hydrogen (secondary N) is 2. The predicted molar refractivity (Wildman–Crippen MR) is 80.7 cm³/mol. The monoisotopic (exact) mass is 277 g/mol. The standard InChI is InChI=1S/C15H23N3O2/c1-10(11(2)17-4)13(16)18-12-6-5-8-15(3,9-7-12)14(19)20/h5-9,11,17-18H,16H2,1-4H3,(H,19,20)/b13-10-. The lowest BCUT2D eigenvalue weighted by atomic mass is 9.90. The van der Waals surface area contributed by atoms with Gasteiger partial charge in [0.05, 0.1) is 0 Å². The van der Waals surface area contributed by atoms with E-state index in [2.05, 4.69) is 10.6 Å². The van der Waals surface area contributed by atoms with Crippen LogP contribution in [0.3, 0.4) is 0 Å². The molecular formula is C15H23N3O2. The number of hydrogen-bond donors (Lipinski definition) is 4. The zero-order chi connectivity index (χ0) is 15.3. The van der Waals surface area contributed by atoms with Gasteiger partial charge in [-0.2, -0.15) is 0 Å². The zero-order valence-electron chi connectivity index (χ0n) is 12.4. The molecule has 110 valence electrons. The highest BCUT2D eigenvalue weighted by molar-refractivity contribution is 5.79. The van der Waals surface area contributed by atoms with Crippen molar-refractivity contribution in [1.82, 2.24) is 10.6 Å². The van der Waals surface area contributed by atoms with E-state index in [1.165, 1.54) is 0 Å². The molecule has 1 rings (SSSR count). The molecule has 1 aliphatic carbocycles. The number of hydrogen-bond acceptors (Lipinski definition) is 4. The molecule has 0 fully saturated rings. The van der Waals surface area contributed by atoms with Crippen molar-refractivity contribution in [2.75, 3.05) is 7.05 Å². The molecule has 1 aliphatic rings. The maximum absolute atomic E-state index is 11.2. The summed E-state index contributed by atoms with van der Waals surface area (Å²) in [7, 11) is 1.87. The lowest BCUT2D eigenvalue weighted by molar-refractivity contribution is -0.142. The van der Waals surface area contributed by atoms with Crippen LogP contribution in [-0.2, 0) is 4.79 Å². The summed E-state index contributed by atoms with van der Waals surface area (Å²) in [4.78, 5) is 11.2. The van der Waals surface area contributed by atoms with Crippen LogP contribution >= 0.6 is 0 Å². The molecule has 0 bridgehead atoms. The number of carboxylic acids is 1. The van der Waals surface area contributed by atoms with Crippen molar-refractivity contribution >= 4 is 5.97 Å². The van der Waals surface area contributed by atoms with E-state index in [-0.39, 0.29) is 6.04 Å². The van der Waals surface area contributed by atoms with Gasteiger partial charge < -0.3 is 21.5 Å². The van der Waals surface area contributed by atoms with Crippen LogP contribution in [0.25, 0.3) is 0 Å². The summed E-state index contributed by atoms with van der Waals surface area (Å²) in [5, 5.41) is 15.4. The number of likely N-dealkylation sites (N-methyl/N-ethyl adjacent to an activating group) is 1. The number of aliphatic carboxylic acids is 1. The normalized spacial score (nSPS) is 24.5. The lowest BCUT2D eigenvalue weighted by Gasteiger charge is -2.16. The fourth-order valence-corrected chi connectivity index (χ4v) is 1.66. The summed E-state index contributed by atoms with van der Waals surface area (Å²) in [5.41, 5.74) is 6.77. The van der Waals surface area contributed by atoms with E-state index in [0.29, 0.717) is 5.82 Å². The molecule has 5 N–H and O–H groups in total. The summed E-state index contributed by atoms with van der Waals surface area (Å²) in [6, 6.07) is 0.165. The minimum Gasteiger partial charge on any atom is -0.480 e. The number of rotatable bonds is 5. The van der Waals surface area contributed by atoms with E-state index in [9.17, 15) is 9.90 Å². The number of carbonyl (C=O) groups is 1. The van der Waals surface area contributed by atoms with Crippen molar-refractivity contribution in [3.05, 3.63) is 47.5 Å². The van der Waals surface area contributed by atoms with Crippen LogP contribution in [0.5, 0.6) is 0 Å². The van der Waals surface area contributed by atoms with Gasteiger partial charge in [0.1, 0.15) is 11.2 Å². The Morgan fingerprint density at radius 1 is 1.45 bits per heavy atom. The number of allylic oxidation sites excluding steroid dienone is 3. The van der Waals surface area contributed by atoms with Gasteiger partial charge in [-0.15, -0.1) is 0 Å². The van der Waals surface area contributed by atoms with Crippen LogP contribution in [0, 0.1) is 5.41 Å². The Kier molecular flexibility index (Phi) is 5.16. The topological polar surface area (TPSA) is 87.4 Å². The quantitative estimate of drug-likeness (QED) is 0.611. The van der Waals surface area contributed by atoms with Crippen molar-refractivity contribution < 1.29 is 9.90 Å². The summed E-state index contributed by atoms with van der Waals surface area (Å²) in [6.07, 6.45) is 8.54. The third-order valence-corrected chi connectivity index (χ3v) is 3.57. The molecule has 0 radical (unpaired) electrons. The largest absolute Gasteiger partial charge is 0.480 e. The Morgan fingerprint density at radius 2 is 2.10 bits per heavy atom. The number of carboxylic acid groups (broad SMARTS) is 1. The van der Waals surface area contributed by atoms with Crippen molar-refractivity contribution in [2.24, 2.45) is 11.1 Å². The first-order valence-corrected chi connectivity index (χ1v) is 6.53. The summed E-state index contributed by atoms with van der Waals surface area (Å²) in [5.74, 6) is -0.321. The van der Waals surface area contributed by atoms with Crippen LogP contribution in [0.15, 0.2) is 47.5 Å². The highest BCUT2D eigenvalue weighted by atomic mass is 16.4. The lowest BCUT2D eigenvalue weighted by Crippen LogP contribution is -2.29. The molecule has 0 aromatic rings. The smallest absolute Gasteiger partial charge is 0.317 e. The number of nitrogens with two attached hydrogens (primary N) is 1. The maximum atomic E-state index is 11.2. The summed E-state index contributed by atoms with van der Waals surface area (Å²) >= 11 is 0. The minimum absolute atomic E-state index is 0.165. The Hall–Kier alpha value is -2.01. The minimum atomic E-state index is -0.994. The van der Waals surface area contributed by atoms with Gasteiger partial charge in [0, 0.05) is 11.7 Å². The molecule has 0 saturated heterocycles. The molecule has 0 amide bonds. The third-order valence-electron chi connectivity index (χ3n) is 3.57. The molecule has 2 atom stereocenters. The highest BCUT2D eigenvalue weighted by Gasteiger charge is 2.27. The third kappa shape index (κ3) is 3.74. The first-order chi connectivity index (χ1) is 9.30. The molecule has 2 unspecified atom stereocenters. The fourth-order valence-electron chi connectivity index (χ4n) is 1.66. The molecule has 0 aliphatic heterocycles. The van der Waals surface area contributed by atoms with Crippen molar-refractivity contribution in [2.45, 2.75) is 26.8 Å².